The molecule has 2 aromatic carbocycles. The van der Waals surface area contributed by atoms with Crippen molar-refractivity contribution in [1.82, 2.24) is 29.2 Å². The molecule has 3 aromatic heterocycles. The van der Waals surface area contributed by atoms with Gasteiger partial charge < -0.3 is 0 Å². The number of hydrogen-bond donors (Lipinski definition) is 0. The largest absolute Gasteiger partial charge is 0.285 e. The Bertz CT molecular complexity index is 1550. The first kappa shape index (κ1) is 20.8. The molecule has 0 atom stereocenters. The molecule has 0 saturated heterocycles. The Morgan fingerprint density at radius 1 is 1.06 bits per heavy atom. The zero-order valence-electron chi connectivity index (χ0n) is 18.1. The molecule has 3 heterocycles. The van der Waals surface area contributed by atoms with Crippen molar-refractivity contribution in [2.45, 2.75) is 20.4 Å². The van der Waals surface area contributed by atoms with E-state index in [1.165, 1.54) is 17.2 Å². The van der Waals surface area contributed by atoms with Crippen molar-refractivity contribution >= 4 is 28.8 Å². The van der Waals surface area contributed by atoms with Crippen LogP contribution in [0.2, 0.25) is 5.02 Å². The number of nitrogens with zero attached hydrogens (tertiary/aromatic N) is 7. The van der Waals surface area contributed by atoms with E-state index in [9.17, 15) is 4.79 Å². The lowest BCUT2D eigenvalue weighted by molar-refractivity contribution is 0.659. The van der Waals surface area contributed by atoms with Crippen LogP contribution in [-0.2, 0) is 6.54 Å². The zero-order chi connectivity index (χ0) is 22.9. The van der Waals surface area contributed by atoms with Crippen LogP contribution in [0, 0.1) is 13.8 Å². The van der Waals surface area contributed by atoms with Crippen LogP contribution in [0.1, 0.15) is 22.5 Å². The van der Waals surface area contributed by atoms with E-state index in [1.54, 1.807) is 10.9 Å². The van der Waals surface area contributed by atoms with Gasteiger partial charge in [0.05, 0.1) is 30.3 Å². The van der Waals surface area contributed by atoms with Crippen LogP contribution in [0.5, 0.6) is 0 Å². The van der Waals surface area contributed by atoms with Gasteiger partial charge in [0.2, 0.25) is 0 Å². The molecule has 0 fully saturated rings. The van der Waals surface area contributed by atoms with Crippen LogP contribution in [0.15, 0.2) is 77.0 Å². The fourth-order valence-electron chi connectivity index (χ4n) is 3.70. The van der Waals surface area contributed by atoms with Crippen molar-refractivity contribution in [3.05, 3.63) is 105 Å². The first-order chi connectivity index (χ1) is 16.0. The summed E-state index contributed by atoms with van der Waals surface area (Å²) < 4.78 is 4.73. The van der Waals surface area contributed by atoms with Crippen LogP contribution >= 0.6 is 11.6 Å². The molecule has 0 spiro atoms. The molecule has 0 aliphatic rings. The molecule has 0 N–H and O–H groups in total. The number of benzene rings is 2. The Labute approximate surface area is 194 Å². The summed E-state index contributed by atoms with van der Waals surface area (Å²) in [6.07, 6.45) is 4.56. The number of aromatic nitrogens is 6. The number of aryl methyl sites for hydroxylation is 1. The second kappa shape index (κ2) is 8.48. The molecule has 33 heavy (non-hydrogen) atoms. The lowest BCUT2D eigenvalue weighted by atomic mass is 10.2. The van der Waals surface area contributed by atoms with Gasteiger partial charge in [0.25, 0.3) is 5.56 Å². The summed E-state index contributed by atoms with van der Waals surface area (Å²) in [4.78, 5) is 17.4. The van der Waals surface area contributed by atoms with Crippen molar-refractivity contribution in [3.63, 3.8) is 0 Å². The van der Waals surface area contributed by atoms with E-state index in [-0.39, 0.29) is 5.56 Å². The molecule has 5 rings (SSSR count). The van der Waals surface area contributed by atoms with Crippen LogP contribution in [-0.4, -0.2) is 35.4 Å². The predicted octanol–water partition coefficient (Wildman–Crippen LogP) is 3.98. The topological polar surface area (TPSA) is 82.9 Å². The van der Waals surface area contributed by atoms with Gasteiger partial charge in [0.1, 0.15) is 11.7 Å². The molecule has 0 amide bonds. The highest BCUT2D eigenvalue weighted by Crippen LogP contribution is 2.19. The fraction of sp³-hybridized carbons (Fsp3) is 0.125. The lowest BCUT2D eigenvalue weighted by Gasteiger charge is -2.06. The minimum atomic E-state index is -0.294. The Kier molecular flexibility index (Phi) is 5.35. The highest BCUT2D eigenvalue weighted by Gasteiger charge is 2.13. The molecule has 0 aliphatic carbocycles. The molecule has 0 radical (unpaired) electrons. The molecule has 9 heteroatoms. The Balaban J connectivity index is 1.47. The van der Waals surface area contributed by atoms with Crippen molar-refractivity contribution in [2.24, 2.45) is 5.10 Å². The van der Waals surface area contributed by atoms with E-state index in [0.29, 0.717) is 22.6 Å². The van der Waals surface area contributed by atoms with E-state index < -0.39 is 0 Å². The van der Waals surface area contributed by atoms with Gasteiger partial charge in [0.15, 0.2) is 5.65 Å². The summed E-state index contributed by atoms with van der Waals surface area (Å²) >= 11 is 6.30. The third kappa shape index (κ3) is 3.85. The monoisotopic (exact) mass is 457 g/mol. The zero-order valence-corrected chi connectivity index (χ0v) is 18.8. The molecule has 164 valence electrons. The highest BCUT2D eigenvalue weighted by molar-refractivity contribution is 6.31. The van der Waals surface area contributed by atoms with Gasteiger partial charge in [-0.1, -0.05) is 48.0 Å². The van der Waals surface area contributed by atoms with Gasteiger partial charge in [-0.15, -0.1) is 0 Å². The van der Waals surface area contributed by atoms with Gasteiger partial charge >= 0.3 is 0 Å². The average Bonchev–Trinajstić information content (AvgIpc) is 3.37. The first-order valence-corrected chi connectivity index (χ1v) is 10.7. The van der Waals surface area contributed by atoms with E-state index >= 15 is 0 Å². The van der Waals surface area contributed by atoms with E-state index in [1.807, 2.05) is 73.1 Å². The van der Waals surface area contributed by atoms with Crippen molar-refractivity contribution < 1.29 is 0 Å². The highest BCUT2D eigenvalue weighted by atomic mass is 35.5. The fourth-order valence-corrected chi connectivity index (χ4v) is 3.90. The third-order valence-electron chi connectivity index (χ3n) is 5.50. The second-order valence-electron chi connectivity index (χ2n) is 7.60. The number of hydrogen-bond acceptors (Lipinski definition) is 5. The molecule has 0 unspecified atom stereocenters. The lowest BCUT2D eigenvalue weighted by Crippen LogP contribution is -2.17. The van der Waals surface area contributed by atoms with Crippen molar-refractivity contribution in [2.75, 3.05) is 0 Å². The summed E-state index contributed by atoms with van der Waals surface area (Å²) in [7, 11) is 0. The maximum atomic E-state index is 13.0. The summed E-state index contributed by atoms with van der Waals surface area (Å²) in [6.45, 7) is 4.42. The number of para-hydroxylation sites is 1. The normalized spacial score (nSPS) is 11.6. The quantitative estimate of drug-likeness (QED) is 0.374. The Morgan fingerprint density at radius 2 is 1.82 bits per heavy atom. The maximum Gasteiger partial charge on any atom is 0.285 e. The number of rotatable bonds is 5. The van der Waals surface area contributed by atoms with Crippen LogP contribution < -0.4 is 5.56 Å². The smallest absolute Gasteiger partial charge is 0.266 e. The Hall–Kier alpha value is -4.04. The number of fused-ring (bicyclic) bond motifs is 1. The standard InChI is InChI=1S/C24H20ClN7O/c1-16-20(17(2)30(29-16)14-18-8-6-7-11-22(18)25)12-27-31-15-26-23-21(24(31)33)13-28-32(23)19-9-4-3-5-10-19/h3-13,15H,14H2,1-2H3/b27-12+. The predicted molar refractivity (Wildman–Crippen MR) is 128 cm³/mol. The van der Waals surface area contributed by atoms with E-state index in [0.717, 1.165) is 28.2 Å². The minimum absolute atomic E-state index is 0.294. The van der Waals surface area contributed by atoms with Crippen molar-refractivity contribution in [3.8, 4) is 5.69 Å². The first-order valence-electron chi connectivity index (χ1n) is 10.4. The minimum Gasteiger partial charge on any atom is -0.266 e. The molecule has 0 saturated carbocycles. The van der Waals surface area contributed by atoms with E-state index in [4.69, 9.17) is 11.6 Å². The number of halogens is 1. The summed E-state index contributed by atoms with van der Waals surface area (Å²) in [6, 6.07) is 17.2. The van der Waals surface area contributed by atoms with E-state index in [2.05, 4.69) is 20.3 Å². The molecule has 8 nitrogen and oxygen atoms in total. The van der Waals surface area contributed by atoms with Crippen LogP contribution in [0.4, 0.5) is 0 Å². The summed E-state index contributed by atoms with van der Waals surface area (Å²) in [5.74, 6) is 0. The van der Waals surface area contributed by atoms with Gasteiger partial charge in [-0.05, 0) is 37.6 Å². The van der Waals surface area contributed by atoms with Gasteiger partial charge in [-0.3, -0.25) is 9.48 Å². The summed E-state index contributed by atoms with van der Waals surface area (Å²) in [5, 5.41) is 14.4. The Morgan fingerprint density at radius 3 is 2.61 bits per heavy atom. The van der Waals surface area contributed by atoms with Crippen LogP contribution in [0.25, 0.3) is 16.7 Å². The molecule has 5 aromatic rings. The SMILES string of the molecule is Cc1nn(Cc2ccccc2Cl)c(C)c1/C=N/n1cnc2c(cnn2-c2ccccc2)c1=O. The molecular formula is C24H20ClN7O. The second-order valence-corrected chi connectivity index (χ2v) is 8.01. The van der Waals surface area contributed by atoms with Gasteiger partial charge in [0, 0.05) is 16.3 Å². The maximum absolute atomic E-state index is 13.0. The van der Waals surface area contributed by atoms with Crippen LogP contribution in [0.3, 0.4) is 0 Å². The van der Waals surface area contributed by atoms with Gasteiger partial charge in [-0.25, -0.2) is 9.67 Å². The third-order valence-corrected chi connectivity index (χ3v) is 5.87. The average molecular weight is 458 g/mol. The molecular weight excluding hydrogens is 438 g/mol. The van der Waals surface area contributed by atoms with Crippen molar-refractivity contribution in [1.29, 1.82) is 0 Å². The molecule has 0 aliphatic heterocycles. The van der Waals surface area contributed by atoms with Gasteiger partial charge in [-0.2, -0.15) is 20.0 Å². The summed E-state index contributed by atoms with van der Waals surface area (Å²) in [5.41, 5.74) is 4.58. The molecule has 0 bridgehead atoms.